The summed E-state index contributed by atoms with van der Waals surface area (Å²) in [5.41, 5.74) is 6.32. The molecular weight excluding hydrogens is 410 g/mol. The summed E-state index contributed by atoms with van der Waals surface area (Å²) >= 11 is 0. The van der Waals surface area contributed by atoms with Crippen molar-refractivity contribution in [2.75, 3.05) is 50.8 Å². The number of aryl methyl sites for hydroxylation is 5. The molecule has 5 heteroatoms. The third-order valence-corrected chi connectivity index (χ3v) is 6.43. The van der Waals surface area contributed by atoms with E-state index in [1.165, 1.54) is 22.4 Å². The van der Waals surface area contributed by atoms with Gasteiger partial charge in [0.15, 0.2) is 0 Å². The topological polar surface area (TPSA) is 41.7 Å². The third kappa shape index (κ3) is 7.44. The maximum absolute atomic E-state index is 5.89. The minimum atomic E-state index is 0.773. The Kier molecular flexibility index (Phi) is 8.56. The SMILES string of the molecule is Cc1ccc(CCc2cc(CCCOCCN3CCN(c4ccc(C)cc4)CC3)no2)cc1. The van der Waals surface area contributed by atoms with Crippen LogP contribution < -0.4 is 4.90 Å². The fourth-order valence-corrected chi connectivity index (χ4v) is 4.25. The zero-order valence-corrected chi connectivity index (χ0v) is 20.1. The van der Waals surface area contributed by atoms with Gasteiger partial charge in [-0.3, -0.25) is 4.90 Å². The van der Waals surface area contributed by atoms with Crippen LogP contribution in [0.5, 0.6) is 0 Å². The molecule has 1 aromatic heterocycles. The van der Waals surface area contributed by atoms with E-state index in [2.05, 4.69) is 83.4 Å². The second-order valence-corrected chi connectivity index (χ2v) is 9.15. The van der Waals surface area contributed by atoms with Crippen LogP contribution in [0.25, 0.3) is 0 Å². The Hall–Kier alpha value is -2.63. The highest BCUT2D eigenvalue weighted by atomic mass is 16.5. The maximum atomic E-state index is 5.89. The predicted octanol–water partition coefficient (Wildman–Crippen LogP) is 4.85. The molecule has 1 aliphatic heterocycles. The van der Waals surface area contributed by atoms with Gasteiger partial charge in [-0.05, 0) is 50.8 Å². The molecule has 1 saturated heterocycles. The Morgan fingerprint density at radius 2 is 1.52 bits per heavy atom. The molecule has 0 spiro atoms. The van der Waals surface area contributed by atoms with Gasteiger partial charge < -0.3 is 14.2 Å². The number of ether oxygens (including phenoxy) is 1. The van der Waals surface area contributed by atoms with Crippen LogP contribution in [0.2, 0.25) is 0 Å². The van der Waals surface area contributed by atoms with Gasteiger partial charge in [0.25, 0.3) is 0 Å². The highest BCUT2D eigenvalue weighted by Gasteiger charge is 2.16. The molecule has 2 heterocycles. The monoisotopic (exact) mass is 447 g/mol. The fourth-order valence-electron chi connectivity index (χ4n) is 4.25. The second-order valence-electron chi connectivity index (χ2n) is 9.15. The van der Waals surface area contributed by atoms with E-state index < -0.39 is 0 Å². The van der Waals surface area contributed by atoms with Crippen molar-refractivity contribution in [1.82, 2.24) is 10.1 Å². The summed E-state index contributed by atoms with van der Waals surface area (Å²) in [6.45, 7) is 11.2. The van der Waals surface area contributed by atoms with Gasteiger partial charge in [-0.2, -0.15) is 0 Å². The number of hydrogen-bond donors (Lipinski definition) is 0. The first-order chi connectivity index (χ1) is 16.2. The van der Waals surface area contributed by atoms with Crippen molar-refractivity contribution in [1.29, 1.82) is 0 Å². The van der Waals surface area contributed by atoms with E-state index in [0.717, 1.165) is 83.1 Å². The largest absolute Gasteiger partial charge is 0.380 e. The quantitative estimate of drug-likeness (QED) is 0.393. The standard InChI is InChI=1S/C28H37N3O2/c1-23-5-9-25(10-6-23)11-14-28-22-26(29-33-28)4-3-20-32-21-19-30-15-17-31(18-16-30)27-12-7-24(2)8-13-27/h5-10,12-13,22H,3-4,11,14-21H2,1-2H3. The summed E-state index contributed by atoms with van der Waals surface area (Å²) in [6, 6.07) is 19.6. The van der Waals surface area contributed by atoms with E-state index >= 15 is 0 Å². The first kappa shape index (κ1) is 23.5. The molecule has 2 aromatic carbocycles. The summed E-state index contributed by atoms with van der Waals surface area (Å²) in [4.78, 5) is 4.98. The number of rotatable bonds is 11. The molecular formula is C28H37N3O2. The summed E-state index contributed by atoms with van der Waals surface area (Å²) in [6.07, 6.45) is 3.76. The number of anilines is 1. The Morgan fingerprint density at radius 3 is 2.24 bits per heavy atom. The van der Waals surface area contributed by atoms with Crippen LogP contribution in [0.15, 0.2) is 59.1 Å². The highest BCUT2D eigenvalue weighted by molar-refractivity contribution is 5.47. The van der Waals surface area contributed by atoms with Crippen LogP contribution in [-0.4, -0.2) is 56.0 Å². The Balaban J connectivity index is 1.05. The zero-order valence-electron chi connectivity index (χ0n) is 20.1. The lowest BCUT2D eigenvalue weighted by molar-refractivity contribution is 0.0997. The van der Waals surface area contributed by atoms with Crippen LogP contribution in [0, 0.1) is 13.8 Å². The van der Waals surface area contributed by atoms with Gasteiger partial charge in [-0.25, -0.2) is 0 Å². The summed E-state index contributed by atoms with van der Waals surface area (Å²) in [5.74, 6) is 0.969. The Labute approximate surface area is 198 Å². The lowest BCUT2D eigenvalue weighted by Gasteiger charge is -2.36. The van der Waals surface area contributed by atoms with Crippen LogP contribution in [0.4, 0.5) is 5.69 Å². The second kappa shape index (κ2) is 12.0. The molecule has 0 N–H and O–H groups in total. The molecule has 1 aliphatic rings. The minimum Gasteiger partial charge on any atom is -0.380 e. The van der Waals surface area contributed by atoms with Gasteiger partial charge in [0, 0.05) is 57.5 Å². The van der Waals surface area contributed by atoms with E-state index in [1.54, 1.807) is 0 Å². The number of hydrogen-bond acceptors (Lipinski definition) is 5. The summed E-state index contributed by atoms with van der Waals surface area (Å²) < 4.78 is 11.4. The van der Waals surface area contributed by atoms with Crippen molar-refractivity contribution >= 4 is 5.69 Å². The smallest absolute Gasteiger partial charge is 0.137 e. The van der Waals surface area contributed by atoms with E-state index in [9.17, 15) is 0 Å². The van der Waals surface area contributed by atoms with Gasteiger partial charge in [-0.1, -0.05) is 52.7 Å². The molecule has 0 saturated carbocycles. The number of nitrogens with zero attached hydrogens (tertiary/aromatic N) is 3. The molecule has 3 aromatic rings. The first-order valence-electron chi connectivity index (χ1n) is 12.3. The average molecular weight is 448 g/mol. The Bertz CT molecular complexity index is 958. The van der Waals surface area contributed by atoms with Crippen molar-refractivity contribution in [3.8, 4) is 0 Å². The van der Waals surface area contributed by atoms with Gasteiger partial charge in [0.2, 0.25) is 0 Å². The number of piperazine rings is 1. The predicted molar refractivity (Wildman–Crippen MR) is 134 cm³/mol. The number of benzene rings is 2. The minimum absolute atomic E-state index is 0.773. The van der Waals surface area contributed by atoms with Gasteiger partial charge in [-0.15, -0.1) is 0 Å². The molecule has 0 radical (unpaired) electrons. The van der Waals surface area contributed by atoms with Crippen molar-refractivity contribution in [2.45, 2.75) is 39.5 Å². The zero-order chi connectivity index (χ0) is 22.9. The normalized spacial score (nSPS) is 14.7. The molecule has 33 heavy (non-hydrogen) atoms. The van der Waals surface area contributed by atoms with E-state index in [1.807, 2.05) is 0 Å². The van der Waals surface area contributed by atoms with Crippen LogP contribution in [0.1, 0.15) is 34.6 Å². The molecule has 1 fully saturated rings. The van der Waals surface area contributed by atoms with E-state index in [4.69, 9.17) is 9.26 Å². The summed E-state index contributed by atoms with van der Waals surface area (Å²) in [5, 5.41) is 4.23. The molecule has 5 nitrogen and oxygen atoms in total. The maximum Gasteiger partial charge on any atom is 0.137 e. The summed E-state index contributed by atoms with van der Waals surface area (Å²) in [7, 11) is 0. The molecule has 176 valence electrons. The van der Waals surface area contributed by atoms with Crippen LogP contribution in [-0.2, 0) is 24.0 Å². The Morgan fingerprint density at radius 1 is 0.818 bits per heavy atom. The van der Waals surface area contributed by atoms with Gasteiger partial charge >= 0.3 is 0 Å². The van der Waals surface area contributed by atoms with Crippen molar-refractivity contribution in [3.05, 3.63) is 82.7 Å². The molecule has 0 atom stereocenters. The van der Waals surface area contributed by atoms with Crippen molar-refractivity contribution in [3.63, 3.8) is 0 Å². The number of aromatic nitrogens is 1. The average Bonchev–Trinajstić information content (AvgIpc) is 3.30. The van der Waals surface area contributed by atoms with Crippen LogP contribution >= 0.6 is 0 Å². The third-order valence-electron chi connectivity index (χ3n) is 6.43. The highest BCUT2D eigenvalue weighted by Crippen LogP contribution is 2.17. The van der Waals surface area contributed by atoms with E-state index in [0.29, 0.717) is 0 Å². The molecule has 0 bridgehead atoms. The van der Waals surface area contributed by atoms with Gasteiger partial charge in [0.05, 0.1) is 12.3 Å². The van der Waals surface area contributed by atoms with Crippen molar-refractivity contribution in [2.24, 2.45) is 0 Å². The molecule has 0 amide bonds. The molecule has 0 unspecified atom stereocenters. The lowest BCUT2D eigenvalue weighted by Crippen LogP contribution is -2.47. The molecule has 4 rings (SSSR count). The van der Waals surface area contributed by atoms with Gasteiger partial charge in [0.1, 0.15) is 5.76 Å². The first-order valence-corrected chi connectivity index (χ1v) is 12.3. The lowest BCUT2D eigenvalue weighted by atomic mass is 10.1. The van der Waals surface area contributed by atoms with Crippen LogP contribution in [0.3, 0.4) is 0 Å². The fraction of sp³-hybridized carbons (Fsp3) is 0.464. The van der Waals surface area contributed by atoms with E-state index in [-0.39, 0.29) is 0 Å². The van der Waals surface area contributed by atoms with Crippen molar-refractivity contribution < 1.29 is 9.26 Å². The molecule has 0 aliphatic carbocycles.